The van der Waals surface area contributed by atoms with Crippen molar-refractivity contribution in [2.24, 2.45) is 0 Å². The predicted octanol–water partition coefficient (Wildman–Crippen LogP) is 0.239. The molecule has 0 aliphatic carbocycles. The van der Waals surface area contributed by atoms with Crippen LogP contribution in [0.1, 0.15) is 38.5 Å². The topological polar surface area (TPSA) is 70.2 Å². The molecular weight excluding hydrogens is 310 g/mol. The van der Waals surface area contributed by atoms with Crippen molar-refractivity contribution in [1.82, 2.24) is 14.7 Å². The third-order valence-corrected chi connectivity index (χ3v) is 5.19. The summed E-state index contributed by atoms with van der Waals surface area (Å²) >= 11 is 0. The lowest BCUT2D eigenvalue weighted by Crippen LogP contribution is -2.47. The molecule has 0 aromatic rings. The first-order valence-electron chi connectivity index (χ1n) is 9.10. The van der Waals surface area contributed by atoms with Crippen LogP contribution >= 0.6 is 0 Å². The second-order valence-corrected chi connectivity index (χ2v) is 6.77. The minimum Gasteiger partial charge on any atom is -0.378 e. The molecule has 0 saturated carbocycles. The molecule has 3 fully saturated rings. The number of hydrogen-bond donors (Lipinski definition) is 0. The van der Waals surface area contributed by atoms with E-state index in [1.54, 1.807) is 9.80 Å². The Labute approximate surface area is 142 Å². The van der Waals surface area contributed by atoms with Crippen molar-refractivity contribution < 1.29 is 19.1 Å². The summed E-state index contributed by atoms with van der Waals surface area (Å²) in [5.41, 5.74) is 0. The molecule has 0 aromatic carbocycles. The van der Waals surface area contributed by atoms with E-state index in [0.717, 1.165) is 38.8 Å². The highest BCUT2D eigenvalue weighted by Crippen LogP contribution is 2.22. The Morgan fingerprint density at radius 3 is 2.17 bits per heavy atom. The molecule has 3 aliphatic heterocycles. The van der Waals surface area contributed by atoms with Crippen LogP contribution in [-0.4, -0.2) is 84.4 Å². The monoisotopic (exact) mass is 337 g/mol. The molecule has 0 spiro atoms. The van der Waals surface area contributed by atoms with Crippen molar-refractivity contribution in [3.63, 3.8) is 0 Å². The van der Waals surface area contributed by atoms with E-state index in [2.05, 4.69) is 0 Å². The Kier molecular flexibility index (Phi) is 5.71. The molecular formula is C17H27N3O4. The first-order chi connectivity index (χ1) is 11.7. The molecule has 0 aromatic heterocycles. The zero-order valence-corrected chi connectivity index (χ0v) is 14.2. The van der Waals surface area contributed by atoms with Gasteiger partial charge >= 0.3 is 0 Å². The minimum absolute atomic E-state index is 0.00765. The van der Waals surface area contributed by atoms with Crippen LogP contribution in [0, 0.1) is 0 Å². The molecule has 24 heavy (non-hydrogen) atoms. The van der Waals surface area contributed by atoms with Gasteiger partial charge in [0.1, 0.15) is 6.04 Å². The quantitative estimate of drug-likeness (QED) is 0.737. The molecule has 7 heteroatoms. The summed E-state index contributed by atoms with van der Waals surface area (Å²) < 4.78 is 5.23. The van der Waals surface area contributed by atoms with E-state index in [-0.39, 0.29) is 36.6 Å². The highest BCUT2D eigenvalue weighted by Gasteiger charge is 2.37. The molecule has 3 aliphatic rings. The summed E-state index contributed by atoms with van der Waals surface area (Å²) in [6.45, 7) is 4.60. The standard InChI is InChI=1S/C17H27N3O4/c21-15(18-10-12-24-13-11-18)5-6-16(22)20-9-3-4-14(20)17(23)19-7-1-2-8-19/h14H,1-13H2/t14-/m0/s1. The van der Waals surface area contributed by atoms with Gasteiger partial charge < -0.3 is 19.4 Å². The smallest absolute Gasteiger partial charge is 0.245 e. The number of carbonyl (C=O) groups is 3. The molecule has 0 bridgehead atoms. The lowest BCUT2D eigenvalue weighted by molar-refractivity contribution is -0.144. The van der Waals surface area contributed by atoms with Crippen LogP contribution < -0.4 is 0 Å². The summed E-state index contributed by atoms with van der Waals surface area (Å²) in [5, 5.41) is 0. The number of hydrogen-bond acceptors (Lipinski definition) is 4. The Hall–Kier alpha value is -1.63. The van der Waals surface area contributed by atoms with Gasteiger partial charge in [0.25, 0.3) is 0 Å². The number of rotatable bonds is 4. The predicted molar refractivity (Wildman–Crippen MR) is 87.2 cm³/mol. The lowest BCUT2D eigenvalue weighted by Gasteiger charge is -2.29. The summed E-state index contributed by atoms with van der Waals surface area (Å²) in [4.78, 5) is 42.6. The number of carbonyl (C=O) groups excluding carboxylic acids is 3. The van der Waals surface area contributed by atoms with Crippen molar-refractivity contribution in [3.8, 4) is 0 Å². The van der Waals surface area contributed by atoms with Crippen LogP contribution in [0.5, 0.6) is 0 Å². The molecule has 3 rings (SSSR count). The maximum atomic E-state index is 12.6. The number of morpholine rings is 1. The molecule has 1 atom stereocenters. The maximum absolute atomic E-state index is 12.6. The molecule has 3 saturated heterocycles. The highest BCUT2D eigenvalue weighted by atomic mass is 16.5. The van der Waals surface area contributed by atoms with E-state index in [4.69, 9.17) is 4.74 Å². The Balaban J connectivity index is 1.49. The van der Waals surface area contributed by atoms with Gasteiger partial charge in [0.15, 0.2) is 0 Å². The molecule has 134 valence electrons. The lowest BCUT2D eigenvalue weighted by atomic mass is 10.1. The maximum Gasteiger partial charge on any atom is 0.245 e. The molecule has 0 unspecified atom stereocenters. The fraction of sp³-hybridized carbons (Fsp3) is 0.824. The number of amides is 3. The Bertz CT molecular complexity index is 484. The van der Waals surface area contributed by atoms with Crippen LogP contribution in [0.15, 0.2) is 0 Å². The third-order valence-electron chi connectivity index (χ3n) is 5.19. The van der Waals surface area contributed by atoms with Crippen LogP contribution in [0.2, 0.25) is 0 Å². The first kappa shape index (κ1) is 17.2. The van der Waals surface area contributed by atoms with Crippen molar-refractivity contribution in [1.29, 1.82) is 0 Å². The largest absolute Gasteiger partial charge is 0.378 e. The van der Waals surface area contributed by atoms with Crippen molar-refractivity contribution in [2.75, 3.05) is 45.9 Å². The normalized spacial score (nSPS) is 24.5. The van der Waals surface area contributed by atoms with Crippen molar-refractivity contribution in [3.05, 3.63) is 0 Å². The third kappa shape index (κ3) is 3.88. The number of ether oxygens (including phenoxy) is 1. The van der Waals surface area contributed by atoms with Crippen LogP contribution in [-0.2, 0) is 19.1 Å². The number of nitrogens with zero attached hydrogens (tertiary/aromatic N) is 3. The van der Waals surface area contributed by atoms with Crippen molar-refractivity contribution >= 4 is 17.7 Å². The fourth-order valence-corrected chi connectivity index (χ4v) is 3.80. The minimum atomic E-state index is -0.311. The van der Waals surface area contributed by atoms with E-state index in [9.17, 15) is 14.4 Å². The van der Waals surface area contributed by atoms with Crippen LogP contribution in [0.25, 0.3) is 0 Å². The van der Waals surface area contributed by atoms with Gasteiger partial charge in [-0.2, -0.15) is 0 Å². The highest BCUT2D eigenvalue weighted by molar-refractivity contribution is 5.90. The molecule has 0 N–H and O–H groups in total. The zero-order chi connectivity index (χ0) is 16.9. The van der Waals surface area contributed by atoms with Gasteiger partial charge in [0, 0.05) is 45.6 Å². The Morgan fingerprint density at radius 1 is 0.792 bits per heavy atom. The van der Waals surface area contributed by atoms with Gasteiger partial charge in [0.05, 0.1) is 13.2 Å². The summed E-state index contributed by atoms with van der Waals surface area (Å²) in [6.07, 6.45) is 4.15. The van der Waals surface area contributed by atoms with E-state index in [1.165, 1.54) is 0 Å². The average molecular weight is 337 g/mol. The summed E-state index contributed by atoms with van der Waals surface area (Å²) in [7, 11) is 0. The van der Waals surface area contributed by atoms with E-state index in [1.807, 2.05) is 4.90 Å². The van der Waals surface area contributed by atoms with Crippen molar-refractivity contribution in [2.45, 2.75) is 44.6 Å². The van der Waals surface area contributed by atoms with Gasteiger partial charge in [-0.1, -0.05) is 0 Å². The summed E-state index contributed by atoms with van der Waals surface area (Å²) in [5.74, 6) is 0.0396. The average Bonchev–Trinajstić information content (AvgIpc) is 3.31. The van der Waals surface area contributed by atoms with E-state index >= 15 is 0 Å². The van der Waals surface area contributed by atoms with Gasteiger partial charge in [0.2, 0.25) is 17.7 Å². The summed E-state index contributed by atoms with van der Waals surface area (Å²) in [6, 6.07) is -0.311. The van der Waals surface area contributed by atoms with Gasteiger partial charge in [-0.15, -0.1) is 0 Å². The second-order valence-electron chi connectivity index (χ2n) is 6.77. The zero-order valence-electron chi connectivity index (χ0n) is 14.2. The molecule has 3 amide bonds. The number of likely N-dealkylation sites (tertiary alicyclic amines) is 2. The van der Waals surface area contributed by atoms with E-state index in [0.29, 0.717) is 32.8 Å². The fourth-order valence-electron chi connectivity index (χ4n) is 3.80. The molecule has 3 heterocycles. The first-order valence-corrected chi connectivity index (χ1v) is 9.10. The van der Waals surface area contributed by atoms with E-state index < -0.39 is 0 Å². The van der Waals surface area contributed by atoms with Gasteiger partial charge in [-0.05, 0) is 25.7 Å². The SMILES string of the molecule is O=C(CCC(=O)N1CCC[C@H]1C(=O)N1CCCC1)N1CCOCC1. The Morgan fingerprint density at radius 2 is 1.46 bits per heavy atom. The van der Waals surface area contributed by atoms with Crippen LogP contribution in [0.3, 0.4) is 0 Å². The second kappa shape index (κ2) is 7.96. The van der Waals surface area contributed by atoms with Crippen LogP contribution in [0.4, 0.5) is 0 Å². The van der Waals surface area contributed by atoms with Gasteiger partial charge in [-0.3, -0.25) is 14.4 Å². The molecule has 0 radical (unpaired) electrons. The molecule has 7 nitrogen and oxygen atoms in total. The van der Waals surface area contributed by atoms with Gasteiger partial charge in [-0.25, -0.2) is 0 Å².